The first-order valence-corrected chi connectivity index (χ1v) is 15.1. The molecular weight excluding hydrogens is 502 g/mol. The number of piperazine rings is 1. The predicted molar refractivity (Wildman–Crippen MR) is 145 cm³/mol. The van der Waals surface area contributed by atoms with Crippen molar-refractivity contribution in [3.8, 4) is 0 Å². The quantitative estimate of drug-likeness (QED) is 0.536. The number of nitrogens with one attached hydrogen (secondary N) is 2. The summed E-state index contributed by atoms with van der Waals surface area (Å²) in [6.07, 6.45) is 2.84. The Hall–Kier alpha value is -3.20. The highest BCUT2D eigenvalue weighted by Gasteiger charge is 2.49. The van der Waals surface area contributed by atoms with E-state index in [1.54, 1.807) is 12.1 Å². The fraction of sp³-hybridized carbons (Fsp3) is 0.483. The van der Waals surface area contributed by atoms with Crippen LogP contribution in [0.2, 0.25) is 0 Å². The van der Waals surface area contributed by atoms with Crippen molar-refractivity contribution in [1.82, 2.24) is 15.5 Å². The second-order valence-corrected chi connectivity index (χ2v) is 13.2. The van der Waals surface area contributed by atoms with Crippen LogP contribution in [-0.4, -0.2) is 55.4 Å². The molecule has 1 fully saturated rings. The minimum Gasteiger partial charge on any atom is -0.352 e. The first-order chi connectivity index (χ1) is 17.9. The van der Waals surface area contributed by atoms with Crippen LogP contribution in [0.3, 0.4) is 0 Å². The molecule has 0 aromatic heterocycles. The number of sulfone groups is 1. The molecule has 4 rings (SSSR count). The molecule has 0 radical (unpaired) electrons. The fourth-order valence-electron chi connectivity index (χ4n) is 5.57. The molecule has 2 aromatic rings. The maximum atomic E-state index is 14.3. The molecule has 0 unspecified atom stereocenters. The zero-order chi connectivity index (χ0) is 27.8. The van der Waals surface area contributed by atoms with E-state index in [1.807, 2.05) is 52.0 Å². The Morgan fingerprint density at radius 1 is 1.00 bits per heavy atom. The van der Waals surface area contributed by atoms with Crippen molar-refractivity contribution in [2.24, 2.45) is 11.8 Å². The number of hydrogen-bond donors (Lipinski definition) is 2. The van der Waals surface area contributed by atoms with Crippen LogP contribution in [0.25, 0.3) is 0 Å². The Morgan fingerprint density at radius 3 is 2.08 bits per heavy atom. The number of benzene rings is 2. The molecule has 2 aliphatic rings. The van der Waals surface area contributed by atoms with E-state index < -0.39 is 33.9 Å². The Balaban J connectivity index is 1.77. The molecule has 9 heteroatoms. The summed E-state index contributed by atoms with van der Waals surface area (Å²) >= 11 is 0. The molecule has 0 saturated carbocycles. The van der Waals surface area contributed by atoms with E-state index in [-0.39, 0.29) is 34.6 Å². The first kappa shape index (κ1) is 27.8. The zero-order valence-electron chi connectivity index (χ0n) is 22.6. The molecule has 1 heterocycles. The van der Waals surface area contributed by atoms with Crippen LogP contribution in [0.15, 0.2) is 53.4 Å². The molecule has 2 aromatic carbocycles. The van der Waals surface area contributed by atoms with Gasteiger partial charge in [-0.25, -0.2) is 8.42 Å². The molecule has 1 aliphatic carbocycles. The molecule has 3 atom stereocenters. The van der Waals surface area contributed by atoms with Gasteiger partial charge in [0.1, 0.15) is 18.1 Å². The van der Waals surface area contributed by atoms with Crippen LogP contribution in [0.4, 0.5) is 0 Å². The van der Waals surface area contributed by atoms with E-state index in [1.165, 1.54) is 28.2 Å². The standard InChI is InChI=1S/C29H37N3O5S/c1-17(2)14-24-27(33)31-25(22-15-20-8-6-7-9-21(20)16-22)29(35)32(24)26(28(34)30-18(3)4)19-10-12-23(13-11-19)38(5,36)37/h6-13,17-18,22,24-26H,14-16H2,1-5H3,(H,30,34)(H,31,33)/t24-,25-,26-/m1/s1. The summed E-state index contributed by atoms with van der Waals surface area (Å²) in [7, 11) is -3.45. The third-order valence-corrected chi connectivity index (χ3v) is 8.42. The topological polar surface area (TPSA) is 113 Å². The van der Waals surface area contributed by atoms with Crippen LogP contribution in [0, 0.1) is 11.8 Å². The summed E-state index contributed by atoms with van der Waals surface area (Å²) in [4.78, 5) is 43.1. The Kier molecular flexibility index (Phi) is 7.97. The number of fused-ring (bicyclic) bond motifs is 1. The van der Waals surface area contributed by atoms with Crippen LogP contribution in [0.1, 0.15) is 56.8 Å². The summed E-state index contributed by atoms with van der Waals surface area (Å²) in [5.41, 5.74) is 2.79. The lowest BCUT2D eigenvalue weighted by molar-refractivity contribution is -0.158. The lowest BCUT2D eigenvalue weighted by Crippen LogP contribution is -2.67. The van der Waals surface area contributed by atoms with Crippen molar-refractivity contribution in [1.29, 1.82) is 0 Å². The maximum absolute atomic E-state index is 14.3. The highest BCUT2D eigenvalue weighted by atomic mass is 32.2. The summed E-state index contributed by atoms with van der Waals surface area (Å²) in [5.74, 6) is -0.988. The second kappa shape index (κ2) is 10.9. The van der Waals surface area contributed by atoms with Crippen molar-refractivity contribution in [2.45, 2.75) is 76.0 Å². The molecule has 8 nitrogen and oxygen atoms in total. The van der Waals surface area contributed by atoms with Crippen molar-refractivity contribution in [2.75, 3.05) is 6.26 Å². The van der Waals surface area contributed by atoms with E-state index in [9.17, 15) is 22.8 Å². The van der Waals surface area contributed by atoms with E-state index >= 15 is 0 Å². The van der Waals surface area contributed by atoms with E-state index in [0.717, 1.165) is 6.26 Å². The van der Waals surface area contributed by atoms with Crippen molar-refractivity contribution >= 4 is 27.6 Å². The molecule has 3 amide bonds. The van der Waals surface area contributed by atoms with Gasteiger partial charge >= 0.3 is 0 Å². The first-order valence-electron chi connectivity index (χ1n) is 13.2. The van der Waals surface area contributed by atoms with Gasteiger partial charge in [-0.1, -0.05) is 50.2 Å². The molecule has 1 saturated heterocycles. The largest absolute Gasteiger partial charge is 0.352 e. The minimum atomic E-state index is -3.45. The minimum absolute atomic E-state index is 0.0924. The van der Waals surface area contributed by atoms with Gasteiger partial charge in [-0.2, -0.15) is 0 Å². The smallest absolute Gasteiger partial charge is 0.247 e. The van der Waals surface area contributed by atoms with Gasteiger partial charge in [-0.05, 0) is 73.8 Å². The SMILES string of the molecule is CC(C)C[C@@H]1C(=O)N[C@H](C2Cc3ccccc3C2)C(=O)N1[C@@H](C(=O)NC(C)C)c1ccc(S(C)(=O)=O)cc1. The van der Waals surface area contributed by atoms with Crippen LogP contribution < -0.4 is 10.6 Å². The van der Waals surface area contributed by atoms with Gasteiger partial charge in [0.15, 0.2) is 9.84 Å². The number of carbonyl (C=O) groups excluding carboxylic acids is 3. The van der Waals surface area contributed by atoms with Gasteiger partial charge in [-0.3, -0.25) is 14.4 Å². The van der Waals surface area contributed by atoms with Crippen LogP contribution in [0.5, 0.6) is 0 Å². The van der Waals surface area contributed by atoms with Gasteiger partial charge in [-0.15, -0.1) is 0 Å². The number of carbonyl (C=O) groups is 3. The summed E-state index contributed by atoms with van der Waals surface area (Å²) < 4.78 is 24.1. The highest BCUT2D eigenvalue weighted by molar-refractivity contribution is 7.90. The third kappa shape index (κ3) is 5.77. The summed E-state index contributed by atoms with van der Waals surface area (Å²) in [6.45, 7) is 7.60. The monoisotopic (exact) mass is 539 g/mol. The van der Waals surface area contributed by atoms with Gasteiger partial charge in [0.05, 0.1) is 4.90 Å². The zero-order valence-corrected chi connectivity index (χ0v) is 23.4. The van der Waals surface area contributed by atoms with Crippen molar-refractivity contribution in [3.63, 3.8) is 0 Å². The van der Waals surface area contributed by atoms with Gasteiger partial charge < -0.3 is 15.5 Å². The van der Waals surface area contributed by atoms with E-state index in [2.05, 4.69) is 10.6 Å². The Labute approximate surface area is 225 Å². The molecule has 1 aliphatic heterocycles. The van der Waals surface area contributed by atoms with Gasteiger partial charge in [0, 0.05) is 12.3 Å². The molecule has 0 spiro atoms. The van der Waals surface area contributed by atoms with Gasteiger partial charge in [0.2, 0.25) is 17.7 Å². The average molecular weight is 540 g/mol. The fourth-order valence-corrected chi connectivity index (χ4v) is 6.20. The molecule has 0 bridgehead atoms. The van der Waals surface area contributed by atoms with Gasteiger partial charge in [0.25, 0.3) is 0 Å². The van der Waals surface area contributed by atoms with Crippen molar-refractivity contribution < 1.29 is 22.8 Å². The summed E-state index contributed by atoms with van der Waals surface area (Å²) in [5, 5.41) is 5.91. The number of rotatable bonds is 8. The second-order valence-electron chi connectivity index (χ2n) is 11.2. The Morgan fingerprint density at radius 2 is 1.58 bits per heavy atom. The normalized spacial score (nSPS) is 21.0. The number of hydrogen-bond acceptors (Lipinski definition) is 5. The molecule has 204 valence electrons. The van der Waals surface area contributed by atoms with E-state index in [4.69, 9.17) is 0 Å². The number of amides is 3. The lowest BCUT2D eigenvalue weighted by Gasteiger charge is -2.45. The van der Waals surface area contributed by atoms with Crippen LogP contribution in [-0.2, 0) is 37.1 Å². The molecule has 38 heavy (non-hydrogen) atoms. The van der Waals surface area contributed by atoms with E-state index in [0.29, 0.717) is 24.8 Å². The third-order valence-electron chi connectivity index (χ3n) is 7.29. The lowest BCUT2D eigenvalue weighted by atomic mass is 9.88. The predicted octanol–water partition coefficient (Wildman–Crippen LogP) is 2.81. The maximum Gasteiger partial charge on any atom is 0.247 e. The summed E-state index contributed by atoms with van der Waals surface area (Å²) in [6, 6.07) is 11.2. The highest BCUT2D eigenvalue weighted by Crippen LogP contribution is 2.35. The van der Waals surface area contributed by atoms with Crippen LogP contribution >= 0.6 is 0 Å². The molecular formula is C29H37N3O5S. The molecule has 2 N–H and O–H groups in total. The van der Waals surface area contributed by atoms with Crippen molar-refractivity contribution in [3.05, 3.63) is 65.2 Å². The number of nitrogens with zero attached hydrogens (tertiary/aromatic N) is 1. The Bertz CT molecular complexity index is 1290. The average Bonchev–Trinajstić information content (AvgIpc) is 3.26.